The first-order valence-corrected chi connectivity index (χ1v) is 9.57. The van der Waals surface area contributed by atoms with Gasteiger partial charge >= 0.3 is 0 Å². The summed E-state index contributed by atoms with van der Waals surface area (Å²) < 4.78 is 26.1. The molecule has 0 saturated carbocycles. The van der Waals surface area contributed by atoms with Crippen molar-refractivity contribution in [1.82, 2.24) is 4.98 Å². The normalized spacial score (nSPS) is 26.1. The quantitative estimate of drug-likeness (QED) is 0.798. The van der Waals surface area contributed by atoms with E-state index in [0.717, 1.165) is 0 Å². The Kier molecular flexibility index (Phi) is 5.14. The number of amides is 1. The van der Waals surface area contributed by atoms with Crippen molar-refractivity contribution >= 4 is 29.2 Å². The van der Waals surface area contributed by atoms with Gasteiger partial charge in [-0.1, -0.05) is 11.6 Å². The van der Waals surface area contributed by atoms with Gasteiger partial charge in [0.15, 0.2) is 0 Å². The van der Waals surface area contributed by atoms with Gasteiger partial charge in [-0.15, -0.1) is 0 Å². The highest BCUT2D eigenvalue weighted by Crippen LogP contribution is 2.43. The fraction of sp³-hybridized carbons (Fsp3) is 0.350. The molecular formula is C20H20ClFN4O3. The van der Waals surface area contributed by atoms with E-state index in [0.29, 0.717) is 35.9 Å². The number of aromatic nitrogens is 1. The van der Waals surface area contributed by atoms with Crippen LogP contribution in [0.3, 0.4) is 0 Å². The van der Waals surface area contributed by atoms with E-state index in [1.54, 1.807) is 19.1 Å². The standard InChI is InChI=1S/C20H20ClFN4O3/c1-20(14-10-28-7-6-17(14)29-19(23)26-20)13-8-12(3-4-15(13)22)25-18(27)16-5-2-11(21)9-24-16/h2-5,8-9,14,17H,6-7,10H2,1H3,(H2,23,26)(H,25,27)/t14?,17?,20-/m1/s1. The van der Waals surface area contributed by atoms with Gasteiger partial charge in [-0.2, -0.15) is 0 Å². The first-order chi connectivity index (χ1) is 13.9. The molecule has 0 spiro atoms. The van der Waals surface area contributed by atoms with Gasteiger partial charge in [0.1, 0.15) is 17.6 Å². The number of nitrogens with two attached hydrogens (primary N) is 1. The summed E-state index contributed by atoms with van der Waals surface area (Å²) in [6, 6.07) is 7.45. The van der Waals surface area contributed by atoms with Crippen LogP contribution in [0.2, 0.25) is 5.02 Å². The van der Waals surface area contributed by atoms with Crippen LogP contribution in [0.5, 0.6) is 0 Å². The van der Waals surface area contributed by atoms with Crippen molar-refractivity contribution in [2.24, 2.45) is 16.6 Å². The Bertz CT molecular complexity index is 969. The number of anilines is 1. The zero-order valence-corrected chi connectivity index (χ0v) is 16.4. The Hall–Kier alpha value is -2.71. The molecule has 2 aliphatic heterocycles. The van der Waals surface area contributed by atoms with Gasteiger partial charge in [0, 0.05) is 29.8 Å². The number of pyridine rings is 1. The topological polar surface area (TPSA) is 98.8 Å². The zero-order valence-electron chi connectivity index (χ0n) is 15.7. The van der Waals surface area contributed by atoms with Crippen LogP contribution in [0.25, 0.3) is 0 Å². The molecule has 0 bridgehead atoms. The maximum atomic E-state index is 14.9. The summed E-state index contributed by atoms with van der Waals surface area (Å²) in [4.78, 5) is 20.9. The Balaban J connectivity index is 1.66. The van der Waals surface area contributed by atoms with Crippen molar-refractivity contribution in [1.29, 1.82) is 0 Å². The van der Waals surface area contributed by atoms with Crippen LogP contribution in [0.4, 0.5) is 10.1 Å². The molecule has 1 amide bonds. The van der Waals surface area contributed by atoms with E-state index in [4.69, 9.17) is 26.8 Å². The van der Waals surface area contributed by atoms with Crippen molar-refractivity contribution in [3.8, 4) is 0 Å². The second-order valence-electron chi connectivity index (χ2n) is 7.23. The van der Waals surface area contributed by atoms with Crippen LogP contribution in [0, 0.1) is 11.7 Å². The molecule has 9 heteroatoms. The molecule has 2 unspecified atom stereocenters. The number of amidine groups is 1. The molecule has 1 aromatic carbocycles. The number of halogens is 2. The molecule has 3 N–H and O–H groups in total. The van der Waals surface area contributed by atoms with Crippen LogP contribution in [-0.2, 0) is 15.0 Å². The second kappa shape index (κ2) is 7.61. The molecule has 2 aromatic rings. The van der Waals surface area contributed by atoms with Crippen molar-refractivity contribution in [2.75, 3.05) is 18.5 Å². The molecule has 0 aliphatic carbocycles. The highest BCUT2D eigenvalue weighted by Gasteiger charge is 2.48. The minimum atomic E-state index is -0.989. The second-order valence-corrected chi connectivity index (χ2v) is 7.67. The Morgan fingerprint density at radius 2 is 2.21 bits per heavy atom. The van der Waals surface area contributed by atoms with Crippen molar-refractivity contribution < 1.29 is 18.7 Å². The SMILES string of the molecule is C[C@]1(c2cc(NC(=O)c3ccc(Cl)cn3)ccc2F)N=C(N)OC2CCOCC21. The lowest BCUT2D eigenvalue weighted by atomic mass is 9.74. The fourth-order valence-corrected chi connectivity index (χ4v) is 3.94. The first kappa shape index (κ1) is 19.6. The molecule has 3 heterocycles. The third-order valence-corrected chi connectivity index (χ3v) is 5.58. The fourth-order valence-electron chi connectivity index (χ4n) is 3.83. The van der Waals surface area contributed by atoms with Gasteiger partial charge in [-0.3, -0.25) is 4.79 Å². The van der Waals surface area contributed by atoms with E-state index < -0.39 is 17.3 Å². The van der Waals surface area contributed by atoms with Crippen molar-refractivity contribution in [3.05, 3.63) is 58.6 Å². The van der Waals surface area contributed by atoms with Gasteiger partial charge in [0.25, 0.3) is 11.9 Å². The number of ether oxygens (including phenoxy) is 2. The lowest BCUT2D eigenvalue weighted by Gasteiger charge is -2.45. The maximum absolute atomic E-state index is 14.9. The van der Waals surface area contributed by atoms with E-state index in [1.807, 2.05) is 0 Å². The first-order valence-electron chi connectivity index (χ1n) is 9.19. The molecule has 7 nitrogen and oxygen atoms in total. The van der Waals surface area contributed by atoms with Crippen LogP contribution in [-0.4, -0.2) is 36.2 Å². The molecule has 4 rings (SSSR count). The minimum Gasteiger partial charge on any atom is -0.462 e. The van der Waals surface area contributed by atoms with Gasteiger partial charge < -0.3 is 20.5 Å². The highest BCUT2D eigenvalue weighted by atomic mass is 35.5. The van der Waals surface area contributed by atoms with Crippen LogP contribution in [0.1, 0.15) is 29.4 Å². The van der Waals surface area contributed by atoms with Gasteiger partial charge in [0.2, 0.25) is 0 Å². The zero-order chi connectivity index (χ0) is 20.6. The van der Waals surface area contributed by atoms with E-state index in [1.165, 1.54) is 24.4 Å². The Morgan fingerprint density at radius 1 is 1.38 bits per heavy atom. The number of benzene rings is 1. The number of hydrogen-bond acceptors (Lipinski definition) is 6. The Morgan fingerprint density at radius 3 is 2.97 bits per heavy atom. The average molecular weight is 419 g/mol. The molecule has 1 saturated heterocycles. The smallest absolute Gasteiger partial charge is 0.283 e. The third-order valence-electron chi connectivity index (χ3n) is 5.36. The molecule has 1 aromatic heterocycles. The average Bonchev–Trinajstić information content (AvgIpc) is 2.69. The molecule has 29 heavy (non-hydrogen) atoms. The number of fused-ring (bicyclic) bond motifs is 1. The van der Waals surface area contributed by atoms with Crippen molar-refractivity contribution in [3.63, 3.8) is 0 Å². The van der Waals surface area contributed by atoms with E-state index in [2.05, 4.69) is 15.3 Å². The van der Waals surface area contributed by atoms with Crippen molar-refractivity contribution in [2.45, 2.75) is 25.0 Å². The summed E-state index contributed by atoms with van der Waals surface area (Å²) in [5, 5.41) is 3.16. The monoisotopic (exact) mass is 418 g/mol. The summed E-state index contributed by atoms with van der Waals surface area (Å²) in [7, 11) is 0. The minimum absolute atomic E-state index is 0.0230. The van der Waals surface area contributed by atoms with Gasteiger partial charge in [-0.25, -0.2) is 14.4 Å². The largest absolute Gasteiger partial charge is 0.462 e. The predicted octanol–water partition coefficient (Wildman–Crippen LogP) is 3.09. The summed E-state index contributed by atoms with van der Waals surface area (Å²) >= 11 is 5.80. The summed E-state index contributed by atoms with van der Waals surface area (Å²) in [5.74, 6) is -1.09. The molecular weight excluding hydrogens is 399 g/mol. The van der Waals surface area contributed by atoms with Crippen LogP contribution < -0.4 is 11.1 Å². The summed E-state index contributed by atoms with van der Waals surface area (Å²) in [6.45, 7) is 2.74. The number of aliphatic imine (C=N–C) groups is 1. The van der Waals surface area contributed by atoms with Crippen LogP contribution >= 0.6 is 11.6 Å². The van der Waals surface area contributed by atoms with E-state index >= 15 is 0 Å². The lowest BCUT2D eigenvalue weighted by molar-refractivity contribution is -0.0699. The van der Waals surface area contributed by atoms with Gasteiger partial charge in [-0.05, 0) is 37.3 Å². The molecule has 2 aliphatic rings. The number of nitrogens with one attached hydrogen (secondary N) is 1. The Labute approximate surface area is 172 Å². The third kappa shape index (κ3) is 3.77. The van der Waals surface area contributed by atoms with Gasteiger partial charge in [0.05, 0.1) is 23.8 Å². The summed E-state index contributed by atoms with van der Waals surface area (Å²) in [5.41, 5.74) is 5.82. The molecule has 3 atom stereocenters. The predicted molar refractivity (Wildman–Crippen MR) is 106 cm³/mol. The van der Waals surface area contributed by atoms with E-state index in [-0.39, 0.29) is 23.7 Å². The number of rotatable bonds is 3. The number of nitrogens with zero attached hydrogens (tertiary/aromatic N) is 2. The van der Waals surface area contributed by atoms with E-state index in [9.17, 15) is 9.18 Å². The maximum Gasteiger partial charge on any atom is 0.283 e. The number of carbonyl (C=O) groups excluding carboxylic acids is 1. The number of carbonyl (C=O) groups is 1. The lowest BCUT2D eigenvalue weighted by Crippen LogP contribution is -2.52. The van der Waals surface area contributed by atoms with Crippen LogP contribution in [0.15, 0.2) is 41.5 Å². The molecule has 1 fully saturated rings. The highest BCUT2D eigenvalue weighted by molar-refractivity contribution is 6.30. The number of hydrogen-bond donors (Lipinski definition) is 2. The molecule has 0 radical (unpaired) electrons. The molecule has 152 valence electrons. The summed E-state index contributed by atoms with van der Waals surface area (Å²) in [6.07, 6.45) is 1.83.